The van der Waals surface area contributed by atoms with E-state index in [-0.39, 0.29) is 17.7 Å². The molecule has 8 rings (SSSR count). The first-order valence-corrected chi connectivity index (χ1v) is 14.6. The Bertz CT molecular complexity index is 1860. The third-order valence-electron chi connectivity index (χ3n) is 9.26. The Hall–Kier alpha value is -5.37. The van der Waals surface area contributed by atoms with Crippen LogP contribution in [0.2, 0.25) is 0 Å². The van der Waals surface area contributed by atoms with Crippen LogP contribution >= 0.6 is 0 Å². The Labute approximate surface area is 254 Å². The molecule has 2 atom stereocenters. The number of hydrazone groups is 1. The standard InChI is InChI=1S/C36H30N4O4/c1-20-13-16-23(17-14-20)40-34(43)30-29-24-8-4-6-10-26(24)36(31(30)35(40)44,27-11-7-5-9-25(27)29)19-37-39-33(42)32(41)38-28-18-21(2)12-15-22(28)3/h4-19,29-31H,1-3H3,(H,38,41)(H,39,42)/b37-19-/t29?,30-,31+,36?/m1/s1. The highest BCUT2D eigenvalue weighted by Crippen LogP contribution is 2.63. The number of nitrogens with one attached hydrogen (secondary N) is 2. The molecule has 4 aromatic rings. The maximum atomic E-state index is 14.4. The van der Waals surface area contributed by atoms with Crippen molar-refractivity contribution in [3.63, 3.8) is 0 Å². The third-order valence-corrected chi connectivity index (χ3v) is 9.26. The number of benzene rings is 4. The van der Waals surface area contributed by atoms with Gasteiger partial charge >= 0.3 is 11.8 Å². The maximum absolute atomic E-state index is 14.4. The molecule has 218 valence electrons. The van der Waals surface area contributed by atoms with Crippen molar-refractivity contribution in [2.75, 3.05) is 10.2 Å². The number of amides is 4. The summed E-state index contributed by atoms with van der Waals surface area (Å²) >= 11 is 0. The molecule has 2 N–H and O–H groups in total. The van der Waals surface area contributed by atoms with Crippen LogP contribution in [0.3, 0.4) is 0 Å². The van der Waals surface area contributed by atoms with E-state index in [1.807, 2.05) is 93.6 Å². The van der Waals surface area contributed by atoms with Crippen molar-refractivity contribution in [2.24, 2.45) is 16.9 Å². The lowest BCUT2D eigenvalue weighted by atomic mass is 9.47. The molecule has 0 unspecified atom stereocenters. The summed E-state index contributed by atoms with van der Waals surface area (Å²) in [5, 5.41) is 6.97. The largest absolute Gasteiger partial charge is 0.329 e. The second-order valence-corrected chi connectivity index (χ2v) is 11.8. The van der Waals surface area contributed by atoms with Crippen LogP contribution in [-0.2, 0) is 24.6 Å². The molecule has 3 aliphatic carbocycles. The number of carbonyl (C=O) groups excluding carboxylic acids is 4. The molecule has 0 saturated carbocycles. The SMILES string of the molecule is Cc1ccc(N2C(=O)[C@@H]3C4c5ccccc5C(/C=N\NC(=O)C(=O)Nc5cc(C)ccc5C)(c5ccccc54)[C@@H]3C2=O)cc1. The number of nitrogens with zero attached hydrogens (tertiary/aromatic N) is 2. The lowest BCUT2D eigenvalue weighted by molar-refractivity contribution is -0.136. The number of carbonyl (C=O) groups is 4. The van der Waals surface area contributed by atoms with Gasteiger partial charge in [0, 0.05) is 17.8 Å². The Morgan fingerprint density at radius 3 is 2.05 bits per heavy atom. The van der Waals surface area contributed by atoms with Crippen molar-refractivity contribution in [3.8, 4) is 0 Å². The molecule has 0 spiro atoms. The first kappa shape index (κ1) is 27.5. The van der Waals surface area contributed by atoms with Gasteiger partial charge in [-0.3, -0.25) is 19.2 Å². The number of aryl methyl sites for hydroxylation is 3. The molecule has 44 heavy (non-hydrogen) atoms. The summed E-state index contributed by atoms with van der Waals surface area (Å²) in [5.74, 6) is -4.16. The molecule has 4 amide bonds. The van der Waals surface area contributed by atoms with Gasteiger partial charge in [-0.25, -0.2) is 10.3 Å². The van der Waals surface area contributed by atoms with E-state index in [1.165, 1.54) is 4.90 Å². The van der Waals surface area contributed by atoms with E-state index >= 15 is 0 Å². The van der Waals surface area contributed by atoms with Gasteiger partial charge in [0.2, 0.25) is 11.8 Å². The predicted octanol–water partition coefficient (Wildman–Crippen LogP) is 4.90. The third kappa shape index (κ3) is 3.94. The molecule has 0 radical (unpaired) electrons. The van der Waals surface area contributed by atoms with Crippen molar-refractivity contribution in [3.05, 3.63) is 130 Å². The molecule has 4 aromatic carbocycles. The van der Waals surface area contributed by atoms with E-state index in [2.05, 4.69) is 15.8 Å². The Morgan fingerprint density at radius 1 is 0.773 bits per heavy atom. The predicted molar refractivity (Wildman–Crippen MR) is 167 cm³/mol. The highest BCUT2D eigenvalue weighted by Gasteiger charge is 2.68. The average molecular weight is 583 g/mol. The van der Waals surface area contributed by atoms with Gasteiger partial charge in [0.15, 0.2) is 0 Å². The summed E-state index contributed by atoms with van der Waals surface area (Å²) in [6.07, 6.45) is 1.55. The van der Waals surface area contributed by atoms with Gasteiger partial charge in [0.25, 0.3) is 0 Å². The van der Waals surface area contributed by atoms with E-state index in [0.29, 0.717) is 11.4 Å². The maximum Gasteiger partial charge on any atom is 0.329 e. The summed E-state index contributed by atoms with van der Waals surface area (Å²) < 4.78 is 0. The quantitative estimate of drug-likeness (QED) is 0.154. The second kappa shape index (κ2) is 10.1. The van der Waals surface area contributed by atoms with E-state index in [0.717, 1.165) is 38.9 Å². The smallest absolute Gasteiger partial charge is 0.317 e. The van der Waals surface area contributed by atoms with Crippen LogP contribution in [0.15, 0.2) is 96.1 Å². The first-order valence-electron chi connectivity index (χ1n) is 14.6. The molecule has 8 heteroatoms. The minimum Gasteiger partial charge on any atom is -0.317 e. The number of hydrogen-bond donors (Lipinski definition) is 2. The van der Waals surface area contributed by atoms with Crippen molar-refractivity contribution in [1.82, 2.24) is 5.43 Å². The number of rotatable bonds is 4. The normalized spacial score (nSPS) is 22.9. The van der Waals surface area contributed by atoms with Gasteiger partial charge in [-0.05, 0) is 72.4 Å². The van der Waals surface area contributed by atoms with Gasteiger partial charge in [-0.15, -0.1) is 0 Å². The topological polar surface area (TPSA) is 108 Å². The average Bonchev–Trinajstić information content (AvgIpc) is 3.30. The second-order valence-electron chi connectivity index (χ2n) is 11.8. The fraction of sp³-hybridized carbons (Fsp3) is 0.194. The lowest BCUT2D eigenvalue weighted by Gasteiger charge is -2.52. The van der Waals surface area contributed by atoms with Gasteiger partial charge in [0.05, 0.1) is 22.9 Å². The fourth-order valence-corrected chi connectivity index (χ4v) is 7.29. The lowest BCUT2D eigenvalue weighted by Crippen LogP contribution is -2.54. The zero-order valence-electron chi connectivity index (χ0n) is 24.5. The fourth-order valence-electron chi connectivity index (χ4n) is 7.29. The monoisotopic (exact) mass is 582 g/mol. The molecule has 1 fully saturated rings. The minimum atomic E-state index is -1.16. The number of anilines is 2. The molecule has 4 aliphatic rings. The van der Waals surface area contributed by atoms with Crippen LogP contribution in [-0.4, -0.2) is 29.8 Å². The molecule has 0 aromatic heterocycles. The number of hydrogen-bond acceptors (Lipinski definition) is 5. The van der Waals surface area contributed by atoms with Crippen LogP contribution in [0.25, 0.3) is 0 Å². The highest BCUT2D eigenvalue weighted by molar-refractivity contribution is 6.39. The highest BCUT2D eigenvalue weighted by atomic mass is 16.2. The zero-order chi connectivity index (χ0) is 30.7. The van der Waals surface area contributed by atoms with E-state index < -0.39 is 29.1 Å². The molecule has 1 aliphatic heterocycles. The van der Waals surface area contributed by atoms with Crippen molar-refractivity contribution in [2.45, 2.75) is 32.1 Å². The summed E-state index contributed by atoms with van der Waals surface area (Å²) in [6.45, 7) is 5.69. The van der Waals surface area contributed by atoms with Gasteiger partial charge in [-0.2, -0.15) is 5.10 Å². The molecule has 1 heterocycles. The van der Waals surface area contributed by atoms with Crippen molar-refractivity contribution < 1.29 is 19.2 Å². The van der Waals surface area contributed by atoms with Crippen molar-refractivity contribution in [1.29, 1.82) is 0 Å². The summed E-state index contributed by atoms with van der Waals surface area (Å²) in [4.78, 5) is 55.7. The molecule has 1 saturated heterocycles. The van der Waals surface area contributed by atoms with Crippen LogP contribution in [0.1, 0.15) is 44.9 Å². The van der Waals surface area contributed by atoms with Gasteiger partial charge < -0.3 is 5.32 Å². The minimum absolute atomic E-state index is 0.257. The molecular weight excluding hydrogens is 552 g/mol. The summed E-state index contributed by atoms with van der Waals surface area (Å²) in [6, 6.07) is 28.5. The molecule has 8 nitrogen and oxygen atoms in total. The zero-order valence-corrected chi connectivity index (χ0v) is 24.5. The Kier molecular flexibility index (Phi) is 6.32. The van der Waals surface area contributed by atoms with Gasteiger partial charge in [-0.1, -0.05) is 78.4 Å². The molecular formula is C36H30N4O4. The molecule has 2 bridgehead atoms. The van der Waals surface area contributed by atoms with Crippen LogP contribution in [0.4, 0.5) is 11.4 Å². The number of imide groups is 1. The van der Waals surface area contributed by atoms with E-state index in [1.54, 1.807) is 24.4 Å². The Morgan fingerprint density at radius 2 is 1.39 bits per heavy atom. The summed E-state index contributed by atoms with van der Waals surface area (Å²) in [7, 11) is 0. The van der Waals surface area contributed by atoms with Crippen LogP contribution in [0.5, 0.6) is 0 Å². The Balaban J connectivity index is 1.30. The summed E-state index contributed by atoms with van der Waals surface area (Å²) in [5.41, 5.74) is 8.68. The van der Waals surface area contributed by atoms with Crippen LogP contribution in [0, 0.1) is 32.6 Å². The van der Waals surface area contributed by atoms with Crippen molar-refractivity contribution >= 4 is 41.2 Å². The van der Waals surface area contributed by atoms with Gasteiger partial charge in [0.1, 0.15) is 0 Å². The first-order chi connectivity index (χ1) is 21.2. The van der Waals surface area contributed by atoms with E-state index in [4.69, 9.17) is 0 Å². The van der Waals surface area contributed by atoms with E-state index in [9.17, 15) is 19.2 Å². The van der Waals surface area contributed by atoms with Crippen LogP contribution < -0.4 is 15.6 Å².